The maximum Gasteiger partial charge on any atom is 0.115 e. The number of phenolic OH excluding ortho intramolecular Hbond substituents is 1. The van der Waals surface area contributed by atoms with Gasteiger partial charge in [0.15, 0.2) is 0 Å². The van der Waals surface area contributed by atoms with Crippen molar-refractivity contribution >= 4 is 0 Å². The van der Waals surface area contributed by atoms with Crippen LogP contribution in [0.3, 0.4) is 0 Å². The van der Waals surface area contributed by atoms with Crippen molar-refractivity contribution in [2.45, 2.75) is 43.6 Å². The van der Waals surface area contributed by atoms with E-state index in [1.807, 2.05) is 12.1 Å². The van der Waals surface area contributed by atoms with Crippen molar-refractivity contribution in [2.24, 2.45) is 5.92 Å². The van der Waals surface area contributed by atoms with Gasteiger partial charge in [0, 0.05) is 23.9 Å². The van der Waals surface area contributed by atoms with Gasteiger partial charge in [-0.3, -0.25) is 4.90 Å². The first-order valence-electron chi connectivity index (χ1n) is 9.93. The van der Waals surface area contributed by atoms with Crippen molar-refractivity contribution in [2.75, 3.05) is 13.1 Å². The van der Waals surface area contributed by atoms with Crippen LogP contribution in [-0.4, -0.2) is 29.1 Å². The van der Waals surface area contributed by atoms with Crippen LogP contribution in [0.4, 0.5) is 0 Å². The summed E-state index contributed by atoms with van der Waals surface area (Å²) in [6, 6.07) is 19.3. The highest BCUT2D eigenvalue weighted by molar-refractivity contribution is 5.37. The molecule has 26 heavy (non-hydrogen) atoms. The molecule has 2 aromatic carbocycles. The Labute approximate surface area is 157 Å². The van der Waals surface area contributed by atoms with Crippen LogP contribution in [0.5, 0.6) is 5.75 Å². The quantitative estimate of drug-likeness (QED) is 0.775. The van der Waals surface area contributed by atoms with Crippen LogP contribution in [0.2, 0.25) is 0 Å². The van der Waals surface area contributed by atoms with Crippen LogP contribution in [0, 0.1) is 5.92 Å². The molecule has 2 heteroatoms. The van der Waals surface area contributed by atoms with Gasteiger partial charge in [0.1, 0.15) is 5.75 Å². The first-order chi connectivity index (χ1) is 12.7. The van der Waals surface area contributed by atoms with Crippen molar-refractivity contribution in [3.8, 4) is 5.75 Å². The SMILES string of the molecule is C=C[C@H]1[C@@H]2CCC[C@@]1(c1cccc(O)c1)CCN2CCc1ccccc1. The first kappa shape index (κ1) is 17.4. The summed E-state index contributed by atoms with van der Waals surface area (Å²) >= 11 is 0. The van der Waals surface area contributed by atoms with E-state index in [0.717, 1.165) is 25.9 Å². The van der Waals surface area contributed by atoms with Crippen LogP contribution in [0.25, 0.3) is 0 Å². The number of phenols is 1. The molecule has 1 aliphatic carbocycles. The number of hydrogen-bond acceptors (Lipinski definition) is 2. The predicted octanol–water partition coefficient (Wildman–Crippen LogP) is 4.93. The number of benzene rings is 2. The molecule has 2 fully saturated rings. The van der Waals surface area contributed by atoms with E-state index >= 15 is 0 Å². The molecule has 1 saturated heterocycles. The number of fused-ring (bicyclic) bond motifs is 2. The van der Waals surface area contributed by atoms with Crippen molar-refractivity contribution in [1.82, 2.24) is 4.90 Å². The molecular weight excluding hydrogens is 318 g/mol. The molecule has 0 radical (unpaired) electrons. The third-order valence-corrected chi connectivity index (χ3v) is 6.70. The minimum Gasteiger partial charge on any atom is -0.508 e. The van der Waals surface area contributed by atoms with Gasteiger partial charge in [-0.25, -0.2) is 0 Å². The van der Waals surface area contributed by atoms with Gasteiger partial charge in [0.25, 0.3) is 0 Å². The lowest BCUT2D eigenvalue weighted by atomic mass is 9.57. The molecule has 1 saturated carbocycles. The largest absolute Gasteiger partial charge is 0.508 e. The Bertz CT molecular complexity index is 756. The predicted molar refractivity (Wildman–Crippen MR) is 107 cm³/mol. The van der Waals surface area contributed by atoms with Gasteiger partial charge in [-0.1, -0.05) is 55.0 Å². The standard InChI is InChI=1S/C24H29NO/c1-2-22-23-12-7-14-24(22,20-10-6-11-21(26)18-20)15-17-25(23)16-13-19-8-4-3-5-9-19/h2-6,8-11,18,22-23,26H,1,7,12-17H2/t22-,23-,24-/m0/s1. The number of aromatic hydroxyl groups is 1. The smallest absolute Gasteiger partial charge is 0.115 e. The number of hydrogen-bond donors (Lipinski definition) is 1. The van der Waals surface area contributed by atoms with Crippen molar-refractivity contribution < 1.29 is 5.11 Å². The van der Waals surface area contributed by atoms with E-state index < -0.39 is 0 Å². The zero-order valence-corrected chi connectivity index (χ0v) is 15.5. The molecule has 136 valence electrons. The lowest BCUT2D eigenvalue weighted by Crippen LogP contribution is -2.58. The highest BCUT2D eigenvalue weighted by Crippen LogP contribution is 2.51. The summed E-state index contributed by atoms with van der Waals surface area (Å²) in [7, 11) is 0. The molecule has 2 nitrogen and oxygen atoms in total. The monoisotopic (exact) mass is 347 g/mol. The Morgan fingerprint density at radius 1 is 1.12 bits per heavy atom. The van der Waals surface area contributed by atoms with Crippen LogP contribution >= 0.6 is 0 Å². The molecule has 2 aromatic rings. The van der Waals surface area contributed by atoms with Gasteiger partial charge in [0.05, 0.1) is 0 Å². The van der Waals surface area contributed by atoms with Gasteiger partial charge in [0.2, 0.25) is 0 Å². The minimum absolute atomic E-state index is 0.145. The summed E-state index contributed by atoms with van der Waals surface area (Å²) in [5.74, 6) is 0.843. The highest BCUT2D eigenvalue weighted by Gasteiger charge is 2.50. The third-order valence-electron chi connectivity index (χ3n) is 6.70. The molecule has 0 amide bonds. The Hall–Kier alpha value is -2.06. The maximum atomic E-state index is 10.0. The van der Waals surface area contributed by atoms with Crippen LogP contribution in [0.1, 0.15) is 36.8 Å². The lowest BCUT2D eigenvalue weighted by Gasteiger charge is -2.56. The summed E-state index contributed by atoms with van der Waals surface area (Å²) in [6.45, 7) is 6.48. The Balaban J connectivity index is 1.57. The average molecular weight is 348 g/mol. The van der Waals surface area contributed by atoms with Crippen LogP contribution in [-0.2, 0) is 11.8 Å². The van der Waals surface area contributed by atoms with Crippen molar-refractivity contribution in [1.29, 1.82) is 0 Å². The van der Waals surface area contributed by atoms with E-state index in [9.17, 15) is 5.11 Å². The fourth-order valence-electron chi connectivity index (χ4n) is 5.43. The van der Waals surface area contributed by atoms with Crippen molar-refractivity contribution in [3.05, 3.63) is 78.4 Å². The van der Waals surface area contributed by atoms with E-state index in [1.165, 1.54) is 30.4 Å². The molecule has 1 heterocycles. The van der Waals surface area contributed by atoms with E-state index in [0.29, 0.717) is 17.7 Å². The average Bonchev–Trinajstić information content (AvgIpc) is 2.67. The van der Waals surface area contributed by atoms with E-state index in [1.54, 1.807) is 6.07 Å². The molecule has 2 bridgehead atoms. The number of nitrogens with zero attached hydrogens (tertiary/aromatic N) is 1. The normalized spacial score (nSPS) is 28.6. The summed E-state index contributed by atoms with van der Waals surface area (Å²) in [5.41, 5.74) is 2.87. The zero-order chi connectivity index (χ0) is 18.0. The fraction of sp³-hybridized carbons (Fsp3) is 0.417. The fourth-order valence-corrected chi connectivity index (χ4v) is 5.43. The minimum atomic E-state index is 0.145. The van der Waals surface area contributed by atoms with Gasteiger partial charge >= 0.3 is 0 Å². The Kier molecular flexibility index (Phi) is 4.86. The second-order valence-electron chi connectivity index (χ2n) is 7.95. The van der Waals surface area contributed by atoms with E-state index in [2.05, 4.69) is 54.0 Å². The van der Waals surface area contributed by atoms with Crippen molar-refractivity contribution in [3.63, 3.8) is 0 Å². The number of likely N-dealkylation sites (tertiary alicyclic amines) is 1. The number of piperidine rings is 1. The van der Waals surface area contributed by atoms with E-state index in [-0.39, 0.29) is 5.41 Å². The molecule has 1 aliphatic heterocycles. The highest BCUT2D eigenvalue weighted by atomic mass is 16.3. The third kappa shape index (κ3) is 3.07. The van der Waals surface area contributed by atoms with Gasteiger partial charge in [-0.2, -0.15) is 0 Å². The molecule has 3 atom stereocenters. The first-order valence-corrected chi connectivity index (χ1v) is 9.93. The summed E-state index contributed by atoms with van der Waals surface area (Å²) < 4.78 is 0. The van der Waals surface area contributed by atoms with Gasteiger partial charge in [-0.05, 0) is 55.5 Å². The second kappa shape index (κ2) is 7.28. The summed E-state index contributed by atoms with van der Waals surface area (Å²) in [4.78, 5) is 2.69. The Morgan fingerprint density at radius 2 is 1.96 bits per heavy atom. The molecular formula is C24H29NO. The lowest BCUT2D eigenvalue weighted by molar-refractivity contribution is 0.0115. The summed E-state index contributed by atoms with van der Waals surface area (Å²) in [6.07, 6.45) is 8.18. The summed E-state index contributed by atoms with van der Waals surface area (Å²) in [5, 5.41) is 10.0. The molecule has 0 aromatic heterocycles. The van der Waals surface area contributed by atoms with Crippen LogP contribution in [0.15, 0.2) is 67.3 Å². The van der Waals surface area contributed by atoms with Gasteiger partial charge < -0.3 is 5.11 Å². The molecule has 0 unspecified atom stereocenters. The van der Waals surface area contributed by atoms with Crippen LogP contribution < -0.4 is 0 Å². The maximum absolute atomic E-state index is 10.0. The second-order valence-corrected chi connectivity index (χ2v) is 7.95. The van der Waals surface area contributed by atoms with Gasteiger partial charge in [-0.15, -0.1) is 6.58 Å². The van der Waals surface area contributed by atoms with E-state index in [4.69, 9.17) is 0 Å². The molecule has 0 spiro atoms. The molecule has 4 rings (SSSR count). The Morgan fingerprint density at radius 3 is 2.73 bits per heavy atom. The molecule has 1 N–H and O–H groups in total. The number of rotatable bonds is 5. The molecule has 2 aliphatic rings. The zero-order valence-electron chi connectivity index (χ0n) is 15.5. The topological polar surface area (TPSA) is 23.5 Å².